The van der Waals surface area contributed by atoms with E-state index in [0.717, 1.165) is 5.56 Å². The molecule has 0 aromatic heterocycles. The largest absolute Gasteiger partial charge is 0.466 e. The monoisotopic (exact) mass is 304 g/mol. The molecule has 1 aromatic rings. The van der Waals surface area contributed by atoms with Gasteiger partial charge in [0.25, 0.3) is 0 Å². The fourth-order valence-electron chi connectivity index (χ4n) is 2.36. The molecule has 21 heavy (non-hydrogen) atoms. The lowest BCUT2D eigenvalue weighted by atomic mass is 10.1. The predicted octanol–water partition coefficient (Wildman–Crippen LogP) is 4.19. The van der Waals surface area contributed by atoms with Crippen molar-refractivity contribution < 1.29 is 14.1 Å². The third kappa shape index (κ3) is 4.05. The topological polar surface area (TPSA) is 43.4 Å². The number of esters is 1. The lowest BCUT2D eigenvalue weighted by Gasteiger charge is -2.27. The van der Waals surface area contributed by atoms with Crippen LogP contribution in [0.1, 0.15) is 11.2 Å². The van der Waals surface area contributed by atoms with E-state index in [0.29, 0.717) is 12.3 Å². The number of carbonyl (C=O) groups is 1. The Hall–Kier alpha value is -1.86. The van der Waals surface area contributed by atoms with Crippen molar-refractivity contribution in [2.75, 3.05) is 19.4 Å². The first-order chi connectivity index (χ1) is 10.00. The van der Waals surface area contributed by atoms with E-state index >= 15 is 0 Å². The quantitative estimate of drug-likeness (QED) is 0.313. The zero-order chi connectivity index (χ0) is 15.9. The molecule has 3 nitrogen and oxygen atoms in total. The minimum Gasteiger partial charge on any atom is -0.466 e. The van der Waals surface area contributed by atoms with Crippen LogP contribution >= 0.6 is 7.14 Å². The first-order valence-corrected chi connectivity index (χ1v) is 8.76. The van der Waals surface area contributed by atoms with E-state index in [1.54, 1.807) is 12.2 Å². The van der Waals surface area contributed by atoms with Crippen molar-refractivity contribution >= 4 is 13.1 Å². The van der Waals surface area contributed by atoms with Crippen molar-refractivity contribution in [1.82, 2.24) is 0 Å². The SMILES string of the molecule is C=CCP(=O)(CC=C)[C@@H](C(=C)C(=O)OC)c1ccccc1. The van der Waals surface area contributed by atoms with E-state index in [1.807, 2.05) is 30.3 Å². The maximum Gasteiger partial charge on any atom is 0.334 e. The van der Waals surface area contributed by atoms with Crippen molar-refractivity contribution in [3.05, 3.63) is 73.4 Å². The molecule has 4 heteroatoms. The Balaban J connectivity index is 3.39. The summed E-state index contributed by atoms with van der Waals surface area (Å²) >= 11 is 0. The predicted molar refractivity (Wildman–Crippen MR) is 88.1 cm³/mol. The Morgan fingerprint density at radius 1 is 1.24 bits per heavy atom. The molecule has 0 aliphatic carbocycles. The van der Waals surface area contributed by atoms with E-state index in [2.05, 4.69) is 19.7 Å². The number of methoxy groups -OCH3 is 1. The van der Waals surface area contributed by atoms with E-state index in [-0.39, 0.29) is 5.57 Å². The van der Waals surface area contributed by atoms with Crippen molar-refractivity contribution in [3.8, 4) is 0 Å². The highest BCUT2D eigenvalue weighted by Crippen LogP contribution is 2.62. The molecule has 0 saturated carbocycles. The Labute approximate surface area is 126 Å². The maximum absolute atomic E-state index is 13.4. The van der Waals surface area contributed by atoms with Crippen LogP contribution in [0.15, 0.2) is 67.8 Å². The van der Waals surface area contributed by atoms with Crippen molar-refractivity contribution in [2.45, 2.75) is 5.66 Å². The molecule has 0 bridgehead atoms. The minimum atomic E-state index is -2.81. The summed E-state index contributed by atoms with van der Waals surface area (Å²) in [6, 6.07) is 9.25. The van der Waals surface area contributed by atoms with Gasteiger partial charge in [-0.3, -0.25) is 0 Å². The summed E-state index contributed by atoms with van der Waals surface area (Å²) in [7, 11) is -1.52. The van der Waals surface area contributed by atoms with Crippen LogP contribution in [-0.2, 0) is 14.1 Å². The van der Waals surface area contributed by atoms with Gasteiger partial charge in [-0.05, 0) is 5.56 Å². The van der Waals surface area contributed by atoms with Crippen LogP contribution in [0.25, 0.3) is 0 Å². The second-order valence-electron chi connectivity index (χ2n) is 4.72. The lowest BCUT2D eigenvalue weighted by molar-refractivity contribution is -0.136. The number of benzene rings is 1. The van der Waals surface area contributed by atoms with Crippen molar-refractivity contribution in [2.24, 2.45) is 0 Å². The fourth-order valence-corrected chi connectivity index (χ4v) is 5.19. The van der Waals surface area contributed by atoms with Crippen LogP contribution in [0.5, 0.6) is 0 Å². The molecule has 1 atom stereocenters. The number of hydrogen-bond donors (Lipinski definition) is 0. The van der Waals surface area contributed by atoms with Crippen LogP contribution in [0, 0.1) is 0 Å². The molecular weight excluding hydrogens is 283 g/mol. The lowest BCUT2D eigenvalue weighted by Crippen LogP contribution is -2.15. The van der Waals surface area contributed by atoms with Gasteiger partial charge in [0.05, 0.1) is 12.8 Å². The molecule has 0 saturated heterocycles. The molecule has 0 aliphatic heterocycles. The average molecular weight is 304 g/mol. The number of hydrogen-bond acceptors (Lipinski definition) is 3. The van der Waals surface area contributed by atoms with Crippen LogP contribution in [0.4, 0.5) is 0 Å². The molecule has 0 amide bonds. The fraction of sp³-hybridized carbons (Fsp3) is 0.235. The van der Waals surface area contributed by atoms with E-state index in [9.17, 15) is 9.36 Å². The van der Waals surface area contributed by atoms with Gasteiger partial charge >= 0.3 is 5.97 Å². The van der Waals surface area contributed by atoms with Gasteiger partial charge in [0.2, 0.25) is 0 Å². The van der Waals surface area contributed by atoms with Gasteiger partial charge in [-0.15, -0.1) is 13.2 Å². The molecule has 0 radical (unpaired) electrons. The van der Waals surface area contributed by atoms with Gasteiger partial charge in [0.1, 0.15) is 7.14 Å². The van der Waals surface area contributed by atoms with Crippen molar-refractivity contribution in [3.63, 3.8) is 0 Å². The second kappa shape index (κ2) is 7.80. The third-order valence-electron chi connectivity index (χ3n) is 3.24. The molecule has 0 spiro atoms. The number of allylic oxidation sites excluding steroid dienone is 2. The Kier molecular flexibility index (Phi) is 6.39. The average Bonchev–Trinajstić information content (AvgIpc) is 2.48. The first kappa shape index (κ1) is 17.2. The van der Waals surface area contributed by atoms with Crippen LogP contribution < -0.4 is 0 Å². The highest BCUT2D eigenvalue weighted by atomic mass is 31.2. The number of rotatable bonds is 8. The molecule has 0 N–H and O–H groups in total. The number of carbonyl (C=O) groups excluding carboxylic acids is 1. The third-order valence-corrected chi connectivity index (χ3v) is 6.54. The van der Waals surface area contributed by atoms with Gasteiger partial charge in [0, 0.05) is 17.9 Å². The van der Waals surface area contributed by atoms with Crippen LogP contribution in [0.2, 0.25) is 0 Å². The van der Waals surface area contributed by atoms with Gasteiger partial charge in [0.15, 0.2) is 0 Å². The van der Waals surface area contributed by atoms with E-state index in [4.69, 9.17) is 4.74 Å². The van der Waals surface area contributed by atoms with Gasteiger partial charge < -0.3 is 9.30 Å². The maximum atomic E-state index is 13.4. The smallest absolute Gasteiger partial charge is 0.334 e. The molecule has 0 heterocycles. The highest BCUT2D eigenvalue weighted by molar-refractivity contribution is 7.65. The zero-order valence-electron chi connectivity index (χ0n) is 12.3. The van der Waals surface area contributed by atoms with E-state index < -0.39 is 18.8 Å². The summed E-state index contributed by atoms with van der Waals surface area (Å²) < 4.78 is 18.1. The summed E-state index contributed by atoms with van der Waals surface area (Å²) in [6.07, 6.45) is 3.86. The Morgan fingerprint density at radius 3 is 2.19 bits per heavy atom. The number of ether oxygens (including phenoxy) is 1. The summed E-state index contributed by atoms with van der Waals surface area (Å²) in [5.74, 6) is -0.544. The van der Waals surface area contributed by atoms with Crippen LogP contribution in [0.3, 0.4) is 0 Å². The van der Waals surface area contributed by atoms with Gasteiger partial charge in [-0.25, -0.2) is 4.79 Å². The van der Waals surface area contributed by atoms with Gasteiger partial charge in [-0.2, -0.15) is 0 Å². The second-order valence-corrected chi connectivity index (χ2v) is 7.88. The Bertz CT molecular complexity index is 561. The van der Waals surface area contributed by atoms with Crippen LogP contribution in [-0.4, -0.2) is 25.4 Å². The zero-order valence-corrected chi connectivity index (χ0v) is 13.2. The molecule has 0 aliphatic rings. The summed E-state index contributed by atoms with van der Waals surface area (Å²) in [5, 5.41) is 0. The minimum absolute atomic E-state index is 0.204. The summed E-state index contributed by atoms with van der Waals surface area (Å²) in [5.41, 5.74) is 0.415. The Morgan fingerprint density at radius 2 is 1.76 bits per heavy atom. The molecule has 1 rings (SSSR count). The highest BCUT2D eigenvalue weighted by Gasteiger charge is 2.36. The molecular formula is C17H21O3P. The summed E-state index contributed by atoms with van der Waals surface area (Å²) in [4.78, 5) is 11.9. The van der Waals surface area contributed by atoms with Crippen molar-refractivity contribution in [1.29, 1.82) is 0 Å². The molecule has 0 unspecified atom stereocenters. The normalized spacial score (nSPS) is 12.2. The van der Waals surface area contributed by atoms with Gasteiger partial charge in [-0.1, -0.05) is 49.1 Å². The summed E-state index contributed by atoms with van der Waals surface area (Å²) in [6.45, 7) is 11.2. The standard InChI is InChI=1S/C17H21O3P/c1-5-12-21(19,13-6-2)16(14(3)17(18)20-4)15-10-8-7-9-11-15/h5-11,16H,1-3,12-13H2,4H3/t16-/m0/s1. The molecule has 112 valence electrons. The molecule has 0 fully saturated rings. The molecule has 1 aromatic carbocycles. The van der Waals surface area contributed by atoms with E-state index in [1.165, 1.54) is 7.11 Å². The first-order valence-electron chi connectivity index (χ1n) is 6.61.